The van der Waals surface area contributed by atoms with Gasteiger partial charge in [-0.1, -0.05) is 6.42 Å². The molecule has 1 aliphatic carbocycles. The van der Waals surface area contributed by atoms with E-state index in [9.17, 15) is 9.50 Å². The Kier molecular flexibility index (Phi) is 3.44. The van der Waals surface area contributed by atoms with Gasteiger partial charge < -0.3 is 10.4 Å². The van der Waals surface area contributed by atoms with E-state index in [1.807, 2.05) is 6.92 Å². The minimum atomic E-state index is -0.301. The summed E-state index contributed by atoms with van der Waals surface area (Å²) in [5, 5.41) is 13.0. The molecule has 0 aromatic heterocycles. The van der Waals surface area contributed by atoms with Gasteiger partial charge in [0.15, 0.2) is 0 Å². The fourth-order valence-corrected chi connectivity index (χ4v) is 2.02. The van der Waals surface area contributed by atoms with Crippen molar-refractivity contribution >= 4 is 0 Å². The Morgan fingerprint density at radius 1 is 1.50 bits per heavy atom. The first-order valence-corrected chi connectivity index (χ1v) is 5.88. The van der Waals surface area contributed by atoms with Crippen molar-refractivity contribution in [3.05, 3.63) is 29.6 Å². The Labute approximate surface area is 95.5 Å². The SMILES string of the molecule is CC(NCC1CCC1)c1cc(F)ccc1O. The van der Waals surface area contributed by atoms with Gasteiger partial charge in [0, 0.05) is 11.6 Å². The molecule has 0 heterocycles. The molecule has 0 bridgehead atoms. The van der Waals surface area contributed by atoms with Crippen molar-refractivity contribution in [3.8, 4) is 5.75 Å². The first kappa shape index (κ1) is 11.4. The van der Waals surface area contributed by atoms with Crippen molar-refractivity contribution < 1.29 is 9.50 Å². The lowest BCUT2D eigenvalue weighted by molar-refractivity contribution is 0.291. The van der Waals surface area contributed by atoms with Crippen molar-refractivity contribution in [2.75, 3.05) is 6.54 Å². The van der Waals surface area contributed by atoms with Crippen LogP contribution in [-0.2, 0) is 0 Å². The zero-order chi connectivity index (χ0) is 11.5. The second-order valence-corrected chi connectivity index (χ2v) is 4.63. The minimum absolute atomic E-state index is 0.00343. The van der Waals surface area contributed by atoms with E-state index >= 15 is 0 Å². The predicted molar refractivity (Wildman–Crippen MR) is 61.8 cm³/mol. The molecule has 0 saturated heterocycles. The molecule has 1 saturated carbocycles. The van der Waals surface area contributed by atoms with Crippen molar-refractivity contribution in [2.24, 2.45) is 5.92 Å². The van der Waals surface area contributed by atoms with E-state index in [0.717, 1.165) is 12.5 Å². The monoisotopic (exact) mass is 223 g/mol. The van der Waals surface area contributed by atoms with E-state index in [1.54, 1.807) is 0 Å². The van der Waals surface area contributed by atoms with Gasteiger partial charge in [-0.25, -0.2) is 4.39 Å². The third-order valence-electron chi connectivity index (χ3n) is 3.39. The normalized spacial score (nSPS) is 18.1. The van der Waals surface area contributed by atoms with Crippen molar-refractivity contribution in [2.45, 2.75) is 32.2 Å². The molecule has 1 fully saturated rings. The summed E-state index contributed by atoms with van der Waals surface area (Å²) < 4.78 is 13.0. The Balaban J connectivity index is 1.95. The number of hydrogen-bond donors (Lipinski definition) is 2. The molecule has 16 heavy (non-hydrogen) atoms. The Morgan fingerprint density at radius 3 is 2.88 bits per heavy atom. The van der Waals surface area contributed by atoms with Crippen LogP contribution in [0.3, 0.4) is 0 Å². The smallest absolute Gasteiger partial charge is 0.123 e. The van der Waals surface area contributed by atoms with Crippen LogP contribution in [0.15, 0.2) is 18.2 Å². The lowest BCUT2D eigenvalue weighted by atomic mass is 9.85. The van der Waals surface area contributed by atoms with Crippen LogP contribution in [0, 0.1) is 11.7 Å². The third-order valence-corrected chi connectivity index (χ3v) is 3.39. The fraction of sp³-hybridized carbons (Fsp3) is 0.538. The Morgan fingerprint density at radius 2 is 2.25 bits per heavy atom. The number of phenols is 1. The summed E-state index contributed by atoms with van der Waals surface area (Å²) >= 11 is 0. The molecule has 3 heteroatoms. The number of nitrogens with one attached hydrogen (secondary N) is 1. The predicted octanol–water partition coefficient (Wildman–Crippen LogP) is 2.98. The lowest BCUT2D eigenvalue weighted by Gasteiger charge is -2.27. The molecule has 88 valence electrons. The summed E-state index contributed by atoms with van der Waals surface area (Å²) in [7, 11) is 0. The Bertz CT molecular complexity index is 363. The van der Waals surface area contributed by atoms with Gasteiger partial charge >= 0.3 is 0 Å². The highest BCUT2D eigenvalue weighted by Crippen LogP contribution is 2.28. The highest BCUT2D eigenvalue weighted by Gasteiger charge is 2.19. The highest BCUT2D eigenvalue weighted by atomic mass is 19.1. The molecule has 2 N–H and O–H groups in total. The summed E-state index contributed by atoms with van der Waals surface area (Å²) in [5.41, 5.74) is 0.638. The summed E-state index contributed by atoms with van der Waals surface area (Å²) in [6, 6.07) is 4.08. The molecule has 0 radical (unpaired) electrons. The molecule has 1 aromatic rings. The van der Waals surface area contributed by atoms with Crippen LogP contribution < -0.4 is 5.32 Å². The summed E-state index contributed by atoms with van der Waals surface area (Å²) in [5.74, 6) is 0.623. The molecule has 1 aromatic carbocycles. The van der Waals surface area contributed by atoms with Crippen LogP contribution >= 0.6 is 0 Å². The van der Waals surface area contributed by atoms with Crippen molar-refractivity contribution in [1.82, 2.24) is 5.32 Å². The van der Waals surface area contributed by atoms with Crippen LogP contribution in [0.5, 0.6) is 5.75 Å². The quantitative estimate of drug-likeness (QED) is 0.822. The zero-order valence-corrected chi connectivity index (χ0v) is 9.54. The average Bonchev–Trinajstić information content (AvgIpc) is 2.19. The fourth-order valence-electron chi connectivity index (χ4n) is 2.02. The van der Waals surface area contributed by atoms with Crippen LogP contribution in [0.2, 0.25) is 0 Å². The highest BCUT2D eigenvalue weighted by molar-refractivity contribution is 5.34. The zero-order valence-electron chi connectivity index (χ0n) is 9.54. The summed E-state index contributed by atoms with van der Waals surface area (Å²) in [4.78, 5) is 0. The number of phenolic OH excluding ortho intramolecular Hbond substituents is 1. The number of aromatic hydroxyl groups is 1. The van der Waals surface area contributed by atoms with E-state index < -0.39 is 0 Å². The van der Waals surface area contributed by atoms with Gasteiger partial charge in [-0.2, -0.15) is 0 Å². The molecule has 0 spiro atoms. The number of rotatable bonds is 4. The molecular formula is C13H18FNO. The number of benzene rings is 1. The number of halogens is 1. The van der Waals surface area contributed by atoms with Gasteiger partial charge in [0.1, 0.15) is 11.6 Å². The summed E-state index contributed by atoms with van der Waals surface area (Å²) in [6.07, 6.45) is 3.90. The van der Waals surface area contributed by atoms with Gasteiger partial charge in [0.25, 0.3) is 0 Å². The third kappa shape index (κ3) is 2.53. The molecule has 2 rings (SSSR count). The maximum atomic E-state index is 13.0. The number of hydrogen-bond acceptors (Lipinski definition) is 2. The molecule has 1 atom stereocenters. The molecule has 0 aliphatic heterocycles. The largest absolute Gasteiger partial charge is 0.508 e. The van der Waals surface area contributed by atoms with Crippen LogP contribution in [0.1, 0.15) is 37.8 Å². The van der Waals surface area contributed by atoms with Gasteiger partial charge in [-0.15, -0.1) is 0 Å². The molecule has 1 unspecified atom stereocenters. The van der Waals surface area contributed by atoms with E-state index in [-0.39, 0.29) is 17.6 Å². The molecule has 0 amide bonds. The van der Waals surface area contributed by atoms with Gasteiger partial charge in [0.05, 0.1) is 0 Å². The summed E-state index contributed by atoms with van der Waals surface area (Å²) in [6.45, 7) is 2.91. The molecular weight excluding hydrogens is 205 g/mol. The minimum Gasteiger partial charge on any atom is -0.508 e. The maximum absolute atomic E-state index is 13.0. The van der Waals surface area contributed by atoms with Crippen LogP contribution in [0.4, 0.5) is 4.39 Å². The first-order chi connectivity index (χ1) is 7.66. The second-order valence-electron chi connectivity index (χ2n) is 4.63. The average molecular weight is 223 g/mol. The van der Waals surface area contributed by atoms with Crippen LogP contribution in [-0.4, -0.2) is 11.7 Å². The van der Waals surface area contributed by atoms with E-state index in [4.69, 9.17) is 0 Å². The van der Waals surface area contributed by atoms with E-state index in [0.29, 0.717) is 5.56 Å². The van der Waals surface area contributed by atoms with E-state index in [1.165, 1.54) is 37.5 Å². The molecule has 1 aliphatic rings. The topological polar surface area (TPSA) is 32.3 Å². The van der Waals surface area contributed by atoms with Crippen molar-refractivity contribution in [1.29, 1.82) is 0 Å². The lowest BCUT2D eigenvalue weighted by Crippen LogP contribution is -2.29. The second kappa shape index (κ2) is 4.83. The standard InChI is InChI=1S/C13H18FNO/c1-9(15-8-10-3-2-4-10)12-7-11(14)5-6-13(12)16/h5-7,9-10,15-16H,2-4,8H2,1H3. The van der Waals surface area contributed by atoms with Crippen LogP contribution in [0.25, 0.3) is 0 Å². The van der Waals surface area contributed by atoms with Gasteiger partial charge in [0.2, 0.25) is 0 Å². The van der Waals surface area contributed by atoms with Gasteiger partial charge in [-0.05, 0) is 50.4 Å². The van der Waals surface area contributed by atoms with E-state index in [2.05, 4.69) is 5.32 Å². The van der Waals surface area contributed by atoms with Gasteiger partial charge in [-0.3, -0.25) is 0 Å². The Hall–Kier alpha value is -1.09. The van der Waals surface area contributed by atoms with Crippen molar-refractivity contribution in [3.63, 3.8) is 0 Å². The molecule has 2 nitrogen and oxygen atoms in total. The first-order valence-electron chi connectivity index (χ1n) is 5.88. The maximum Gasteiger partial charge on any atom is 0.123 e.